The van der Waals surface area contributed by atoms with Gasteiger partial charge in [-0.1, -0.05) is 0 Å². The van der Waals surface area contributed by atoms with E-state index in [9.17, 15) is 9.59 Å². The van der Waals surface area contributed by atoms with Crippen LogP contribution in [0.2, 0.25) is 0 Å². The normalized spacial score (nSPS) is 11.1. The Kier molecular flexibility index (Phi) is 3.96. The Morgan fingerprint density at radius 2 is 1.74 bits per heavy atom. The summed E-state index contributed by atoms with van der Waals surface area (Å²) in [5.41, 5.74) is 2.84. The number of fused-ring (bicyclic) bond motifs is 3. The first kappa shape index (κ1) is 16.9. The molecule has 0 aliphatic heterocycles. The van der Waals surface area contributed by atoms with Crippen molar-refractivity contribution in [1.29, 1.82) is 0 Å². The minimum absolute atomic E-state index is 0.116. The molecule has 0 spiro atoms. The van der Waals surface area contributed by atoms with Crippen LogP contribution in [-0.2, 0) is 7.05 Å². The van der Waals surface area contributed by atoms with Crippen molar-refractivity contribution in [2.75, 3.05) is 14.2 Å². The second kappa shape index (κ2) is 6.32. The summed E-state index contributed by atoms with van der Waals surface area (Å²) in [5.74, 6) is 1.29. The number of aldehydes is 1. The van der Waals surface area contributed by atoms with Crippen molar-refractivity contribution in [3.63, 3.8) is 0 Å². The molecule has 0 fully saturated rings. The second-order valence-electron chi connectivity index (χ2n) is 6.24. The fourth-order valence-electron chi connectivity index (χ4n) is 3.47. The van der Waals surface area contributed by atoms with E-state index >= 15 is 0 Å². The first-order valence-corrected chi connectivity index (χ1v) is 8.41. The summed E-state index contributed by atoms with van der Waals surface area (Å²) in [6, 6.07) is 14.3. The topological polar surface area (TPSA) is 62.5 Å². The zero-order chi connectivity index (χ0) is 19.1. The third-order valence-electron chi connectivity index (χ3n) is 4.81. The minimum Gasteiger partial charge on any atom is -0.497 e. The van der Waals surface area contributed by atoms with Crippen LogP contribution in [0.15, 0.2) is 53.3 Å². The molecule has 2 heterocycles. The lowest BCUT2D eigenvalue weighted by atomic mass is 10.1. The fraction of sp³-hybridized carbons (Fsp3) is 0.143. The monoisotopic (exact) mass is 362 g/mol. The average Bonchev–Trinajstić information content (AvgIpc) is 3.04. The van der Waals surface area contributed by atoms with Gasteiger partial charge in [-0.15, -0.1) is 0 Å². The molecule has 0 radical (unpaired) electrons. The van der Waals surface area contributed by atoms with Crippen LogP contribution in [0.25, 0.3) is 27.6 Å². The Hall–Kier alpha value is -3.54. The lowest BCUT2D eigenvalue weighted by Gasteiger charge is -2.15. The Morgan fingerprint density at radius 3 is 2.44 bits per heavy atom. The molecule has 0 saturated heterocycles. The third-order valence-corrected chi connectivity index (χ3v) is 4.81. The van der Waals surface area contributed by atoms with E-state index in [4.69, 9.17) is 9.47 Å². The van der Waals surface area contributed by atoms with E-state index in [0.29, 0.717) is 17.1 Å². The molecule has 0 atom stereocenters. The first-order chi connectivity index (χ1) is 13.1. The number of aryl methyl sites for hydroxylation is 1. The Labute approximate surface area is 155 Å². The van der Waals surface area contributed by atoms with E-state index in [1.807, 2.05) is 28.8 Å². The number of hydrogen-bond acceptors (Lipinski definition) is 4. The summed E-state index contributed by atoms with van der Waals surface area (Å²) < 4.78 is 14.4. The van der Waals surface area contributed by atoms with Gasteiger partial charge in [0.05, 0.1) is 25.4 Å². The highest BCUT2D eigenvalue weighted by molar-refractivity contribution is 6.09. The van der Waals surface area contributed by atoms with Crippen molar-refractivity contribution >= 4 is 28.2 Å². The van der Waals surface area contributed by atoms with Crippen LogP contribution in [0.3, 0.4) is 0 Å². The van der Waals surface area contributed by atoms with Gasteiger partial charge in [0.25, 0.3) is 5.56 Å². The predicted molar refractivity (Wildman–Crippen MR) is 105 cm³/mol. The molecular formula is C21H18N2O4. The van der Waals surface area contributed by atoms with Crippen molar-refractivity contribution in [3.05, 3.63) is 64.4 Å². The number of nitrogens with zero attached hydrogens (tertiary/aromatic N) is 2. The van der Waals surface area contributed by atoms with Gasteiger partial charge in [0, 0.05) is 35.5 Å². The largest absolute Gasteiger partial charge is 0.497 e. The Morgan fingerprint density at radius 1 is 0.926 bits per heavy atom. The number of carbonyl (C=O) groups is 1. The molecule has 6 nitrogen and oxygen atoms in total. The zero-order valence-corrected chi connectivity index (χ0v) is 15.2. The van der Waals surface area contributed by atoms with Crippen molar-refractivity contribution in [3.8, 4) is 17.2 Å². The maximum atomic E-state index is 12.3. The van der Waals surface area contributed by atoms with Crippen LogP contribution in [0.4, 0.5) is 0 Å². The summed E-state index contributed by atoms with van der Waals surface area (Å²) in [5, 5.41) is 1.77. The minimum atomic E-state index is -0.116. The molecular weight excluding hydrogens is 344 g/mol. The predicted octanol–water partition coefficient (Wildman–Crippen LogP) is 3.31. The molecule has 4 aromatic rings. The molecule has 0 bridgehead atoms. The zero-order valence-electron chi connectivity index (χ0n) is 15.2. The standard InChI is InChI=1S/C21H18N2O4/c1-22-20(25)9-6-15-16-10-13(12-24)4-7-17(16)23(21(15)22)18-8-5-14(26-2)11-19(18)27-3/h4-12H,1-3H3. The summed E-state index contributed by atoms with van der Waals surface area (Å²) in [6.07, 6.45) is 0.818. The summed E-state index contributed by atoms with van der Waals surface area (Å²) in [7, 11) is 4.92. The van der Waals surface area contributed by atoms with E-state index in [0.717, 1.165) is 33.9 Å². The van der Waals surface area contributed by atoms with Crippen molar-refractivity contribution in [2.24, 2.45) is 7.05 Å². The SMILES string of the molecule is COc1ccc(-n2c3ccc(C=O)cc3c3ccc(=O)n(C)c32)c(OC)c1. The van der Waals surface area contributed by atoms with Crippen molar-refractivity contribution in [2.45, 2.75) is 0 Å². The number of aromatic nitrogens is 2. The van der Waals surface area contributed by atoms with Crippen LogP contribution in [0, 0.1) is 0 Å². The van der Waals surface area contributed by atoms with Crippen molar-refractivity contribution < 1.29 is 14.3 Å². The van der Waals surface area contributed by atoms with E-state index in [1.54, 1.807) is 44.0 Å². The number of ether oxygens (including phenoxy) is 2. The van der Waals surface area contributed by atoms with E-state index in [2.05, 4.69) is 0 Å². The average molecular weight is 362 g/mol. The number of pyridine rings is 1. The molecule has 0 aliphatic carbocycles. The van der Waals surface area contributed by atoms with Crippen LogP contribution < -0.4 is 15.0 Å². The highest BCUT2D eigenvalue weighted by Crippen LogP contribution is 2.36. The van der Waals surface area contributed by atoms with Crippen LogP contribution >= 0.6 is 0 Å². The van der Waals surface area contributed by atoms with E-state index < -0.39 is 0 Å². The van der Waals surface area contributed by atoms with Gasteiger partial charge in [-0.25, -0.2) is 0 Å². The lowest BCUT2D eigenvalue weighted by molar-refractivity contribution is 0.112. The third kappa shape index (κ3) is 2.49. The van der Waals surface area contributed by atoms with E-state index in [-0.39, 0.29) is 5.56 Å². The Balaban J connectivity index is 2.21. The van der Waals surface area contributed by atoms with Gasteiger partial charge in [0.2, 0.25) is 0 Å². The van der Waals surface area contributed by atoms with Crippen molar-refractivity contribution in [1.82, 2.24) is 9.13 Å². The summed E-state index contributed by atoms with van der Waals surface area (Å²) >= 11 is 0. The van der Waals surface area contributed by atoms with Gasteiger partial charge in [-0.3, -0.25) is 18.7 Å². The molecule has 27 heavy (non-hydrogen) atoms. The number of rotatable bonds is 4. The highest BCUT2D eigenvalue weighted by Gasteiger charge is 2.18. The maximum absolute atomic E-state index is 12.3. The molecule has 4 rings (SSSR count). The molecule has 0 unspecified atom stereocenters. The second-order valence-corrected chi connectivity index (χ2v) is 6.24. The lowest BCUT2D eigenvalue weighted by Crippen LogP contribution is -2.17. The van der Waals surface area contributed by atoms with Gasteiger partial charge in [-0.2, -0.15) is 0 Å². The maximum Gasteiger partial charge on any atom is 0.251 e. The number of methoxy groups -OCH3 is 2. The molecule has 0 N–H and O–H groups in total. The van der Waals surface area contributed by atoms with Gasteiger partial charge in [-0.05, 0) is 36.4 Å². The number of hydrogen-bond donors (Lipinski definition) is 0. The molecule has 2 aromatic heterocycles. The smallest absolute Gasteiger partial charge is 0.251 e. The summed E-state index contributed by atoms with van der Waals surface area (Å²) in [6.45, 7) is 0. The van der Waals surface area contributed by atoms with Crippen LogP contribution in [0.5, 0.6) is 11.5 Å². The van der Waals surface area contributed by atoms with E-state index in [1.165, 1.54) is 6.07 Å². The quantitative estimate of drug-likeness (QED) is 0.523. The molecule has 0 amide bonds. The van der Waals surface area contributed by atoms with Gasteiger partial charge in [0.15, 0.2) is 0 Å². The molecule has 136 valence electrons. The molecule has 6 heteroatoms. The summed E-state index contributed by atoms with van der Waals surface area (Å²) in [4.78, 5) is 23.6. The van der Waals surface area contributed by atoms with Gasteiger partial charge < -0.3 is 9.47 Å². The molecule has 2 aromatic carbocycles. The van der Waals surface area contributed by atoms with Crippen LogP contribution in [-0.4, -0.2) is 29.6 Å². The number of benzene rings is 2. The molecule has 0 aliphatic rings. The first-order valence-electron chi connectivity index (χ1n) is 8.41. The van der Waals surface area contributed by atoms with Crippen LogP contribution in [0.1, 0.15) is 10.4 Å². The molecule has 0 saturated carbocycles. The fourth-order valence-corrected chi connectivity index (χ4v) is 3.47. The number of carbonyl (C=O) groups excluding carboxylic acids is 1. The highest BCUT2D eigenvalue weighted by atomic mass is 16.5. The Bertz CT molecular complexity index is 1250. The van der Waals surface area contributed by atoms with Gasteiger partial charge >= 0.3 is 0 Å². The van der Waals surface area contributed by atoms with Gasteiger partial charge in [0.1, 0.15) is 23.4 Å².